The van der Waals surface area contributed by atoms with Crippen LogP contribution in [-0.4, -0.2) is 61.0 Å². The SMILES string of the molecule is CC(=O)NC[C@H]1CN(c2ccc(C(=O)c3cnc4ccc(S(C)(=O)=O)cn34)cc2)C(=O)O1. The normalized spacial score (nSPS) is 16.2. The second kappa shape index (κ2) is 8.08. The number of benzene rings is 1. The Morgan fingerprint density at radius 3 is 2.56 bits per heavy atom. The van der Waals surface area contributed by atoms with Crippen molar-refractivity contribution in [3.05, 3.63) is 60.0 Å². The van der Waals surface area contributed by atoms with Crippen LogP contribution in [0, 0.1) is 0 Å². The van der Waals surface area contributed by atoms with Crippen LogP contribution in [0.5, 0.6) is 0 Å². The van der Waals surface area contributed by atoms with Gasteiger partial charge in [-0.25, -0.2) is 18.2 Å². The van der Waals surface area contributed by atoms with Crippen LogP contribution in [0.1, 0.15) is 23.0 Å². The second-order valence-corrected chi connectivity index (χ2v) is 9.45. The van der Waals surface area contributed by atoms with Gasteiger partial charge >= 0.3 is 6.09 Å². The molecule has 1 fully saturated rings. The molecule has 1 N–H and O–H groups in total. The quantitative estimate of drug-likeness (QED) is 0.556. The summed E-state index contributed by atoms with van der Waals surface area (Å²) in [6, 6.07) is 9.38. The van der Waals surface area contributed by atoms with E-state index in [1.807, 2.05) is 0 Å². The van der Waals surface area contributed by atoms with E-state index >= 15 is 0 Å². The maximum Gasteiger partial charge on any atom is 0.414 e. The third-order valence-electron chi connectivity index (χ3n) is 5.03. The highest BCUT2D eigenvalue weighted by atomic mass is 32.2. The number of carbonyl (C=O) groups is 3. The van der Waals surface area contributed by atoms with Crippen molar-refractivity contribution < 1.29 is 27.5 Å². The van der Waals surface area contributed by atoms with E-state index in [-0.39, 0.29) is 35.4 Å². The smallest absolute Gasteiger partial charge is 0.414 e. The Kier molecular flexibility index (Phi) is 5.43. The van der Waals surface area contributed by atoms with Gasteiger partial charge < -0.3 is 10.1 Å². The maximum absolute atomic E-state index is 13.0. The third kappa shape index (κ3) is 4.19. The summed E-state index contributed by atoms with van der Waals surface area (Å²) in [5.74, 6) is -0.555. The number of amides is 2. The number of sulfone groups is 1. The number of cyclic esters (lactones) is 1. The molecule has 0 aliphatic carbocycles. The molecular weight excluding hydrogens is 436 g/mol. The molecule has 1 atom stereocenters. The van der Waals surface area contributed by atoms with Gasteiger partial charge in [0.25, 0.3) is 0 Å². The lowest BCUT2D eigenvalue weighted by molar-refractivity contribution is -0.119. The predicted octanol–water partition coefficient (Wildman–Crippen LogP) is 1.43. The molecule has 1 aliphatic heterocycles. The number of rotatable bonds is 6. The third-order valence-corrected chi connectivity index (χ3v) is 6.13. The van der Waals surface area contributed by atoms with Crippen molar-refractivity contribution in [2.75, 3.05) is 24.2 Å². The van der Waals surface area contributed by atoms with Gasteiger partial charge in [-0.15, -0.1) is 0 Å². The Hall–Kier alpha value is -3.73. The highest BCUT2D eigenvalue weighted by molar-refractivity contribution is 7.90. The van der Waals surface area contributed by atoms with Crippen LogP contribution in [0.3, 0.4) is 0 Å². The molecule has 32 heavy (non-hydrogen) atoms. The first-order valence-corrected chi connectivity index (χ1v) is 11.6. The lowest BCUT2D eigenvalue weighted by Gasteiger charge is -2.13. The van der Waals surface area contributed by atoms with Crippen molar-refractivity contribution in [3.8, 4) is 0 Å². The van der Waals surface area contributed by atoms with Gasteiger partial charge in [0.05, 0.1) is 24.2 Å². The van der Waals surface area contributed by atoms with E-state index in [1.54, 1.807) is 24.3 Å². The first-order valence-electron chi connectivity index (χ1n) is 9.68. The topological polar surface area (TPSA) is 127 Å². The summed E-state index contributed by atoms with van der Waals surface area (Å²) in [6.45, 7) is 1.88. The van der Waals surface area contributed by atoms with Gasteiger partial charge in [-0.05, 0) is 36.4 Å². The Labute approximate surface area is 183 Å². The Bertz CT molecular complexity index is 1330. The number of nitrogens with one attached hydrogen (secondary N) is 1. The van der Waals surface area contributed by atoms with E-state index < -0.39 is 22.0 Å². The van der Waals surface area contributed by atoms with Crippen molar-refractivity contribution >= 4 is 39.0 Å². The van der Waals surface area contributed by atoms with Crippen LogP contribution in [0.25, 0.3) is 5.65 Å². The lowest BCUT2D eigenvalue weighted by Crippen LogP contribution is -2.33. The first kappa shape index (κ1) is 21.5. The van der Waals surface area contributed by atoms with Gasteiger partial charge in [-0.2, -0.15) is 0 Å². The van der Waals surface area contributed by atoms with Crippen molar-refractivity contribution in [2.45, 2.75) is 17.9 Å². The fourth-order valence-corrected chi connectivity index (χ4v) is 4.00. The van der Waals surface area contributed by atoms with Crippen molar-refractivity contribution in [2.24, 2.45) is 0 Å². The summed E-state index contributed by atoms with van der Waals surface area (Å²) >= 11 is 0. The number of nitrogens with zero attached hydrogens (tertiary/aromatic N) is 3. The van der Waals surface area contributed by atoms with Crippen LogP contribution in [0.15, 0.2) is 53.7 Å². The van der Waals surface area contributed by atoms with E-state index in [9.17, 15) is 22.8 Å². The lowest BCUT2D eigenvalue weighted by atomic mass is 10.1. The zero-order valence-electron chi connectivity index (χ0n) is 17.3. The maximum atomic E-state index is 13.0. The molecule has 0 unspecified atom stereocenters. The van der Waals surface area contributed by atoms with Gasteiger partial charge in [0.2, 0.25) is 11.7 Å². The molecule has 1 aliphatic rings. The van der Waals surface area contributed by atoms with Crippen LogP contribution < -0.4 is 10.2 Å². The molecule has 3 heterocycles. The highest BCUT2D eigenvalue weighted by Crippen LogP contribution is 2.23. The van der Waals surface area contributed by atoms with E-state index in [4.69, 9.17) is 4.74 Å². The van der Waals surface area contributed by atoms with Gasteiger partial charge in [0, 0.05) is 30.6 Å². The summed E-state index contributed by atoms with van der Waals surface area (Å²) in [5.41, 5.74) is 1.56. The molecule has 10 nitrogen and oxygen atoms in total. The molecule has 2 aromatic heterocycles. The van der Waals surface area contributed by atoms with E-state index in [1.165, 1.54) is 40.8 Å². The van der Waals surface area contributed by atoms with Gasteiger partial charge in [0.15, 0.2) is 9.84 Å². The van der Waals surface area contributed by atoms with Crippen molar-refractivity contribution in [1.82, 2.24) is 14.7 Å². The number of aromatic nitrogens is 2. The summed E-state index contributed by atoms with van der Waals surface area (Å²) in [4.78, 5) is 41.9. The Morgan fingerprint density at radius 2 is 1.91 bits per heavy atom. The minimum absolute atomic E-state index is 0.0776. The largest absolute Gasteiger partial charge is 0.442 e. The Balaban J connectivity index is 1.55. The van der Waals surface area contributed by atoms with E-state index in [2.05, 4.69) is 10.3 Å². The van der Waals surface area contributed by atoms with Gasteiger partial charge in [0.1, 0.15) is 17.4 Å². The minimum Gasteiger partial charge on any atom is -0.442 e. The fourth-order valence-electron chi connectivity index (χ4n) is 3.39. The standard InChI is InChI=1S/C21H20N4O6S/c1-13(26)22-9-16-11-24(21(28)31-16)15-5-3-14(4-6-15)20(27)18-10-23-19-8-7-17(12-25(18)19)32(2,29)30/h3-8,10,12,16H,9,11H2,1-2H3,(H,22,26)/t16-/m0/s1. The average Bonchev–Trinajstić information content (AvgIpc) is 3.34. The number of hydrogen-bond acceptors (Lipinski definition) is 7. The zero-order valence-corrected chi connectivity index (χ0v) is 18.1. The number of pyridine rings is 1. The van der Waals surface area contributed by atoms with Crippen molar-refractivity contribution in [1.29, 1.82) is 0 Å². The molecule has 4 rings (SSSR count). The number of ether oxygens (including phenoxy) is 1. The molecule has 2 amide bonds. The molecule has 3 aromatic rings. The molecule has 1 saturated heterocycles. The number of anilines is 1. The summed E-state index contributed by atoms with van der Waals surface area (Å²) in [5, 5.41) is 2.61. The Morgan fingerprint density at radius 1 is 1.19 bits per heavy atom. The molecule has 166 valence electrons. The zero-order chi connectivity index (χ0) is 23.0. The summed E-state index contributed by atoms with van der Waals surface area (Å²) in [7, 11) is -3.45. The molecular formula is C21H20N4O6S. The van der Waals surface area contributed by atoms with E-state index in [0.717, 1.165) is 6.26 Å². The number of ketones is 1. The van der Waals surface area contributed by atoms with Crippen LogP contribution in [0.2, 0.25) is 0 Å². The van der Waals surface area contributed by atoms with Crippen molar-refractivity contribution in [3.63, 3.8) is 0 Å². The fraction of sp³-hybridized carbons (Fsp3) is 0.238. The summed E-state index contributed by atoms with van der Waals surface area (Å²) < 4.78 is 30.4. The first-order chi connectivity index (χ1) is 15.1. The number of hydrogen-bond donors (Lipinski definition) is 1. The van der Waals surface area contributed by atoms with E-state index in [0.29, 0.717) is 16.9 Å². The van der Waals surface area contributed by atoms with Crippen LogP contribution in [0.4, 0.5) is 10.5 Å². The minimum atomic E-state index is -3.45. The highest BCUT2D eigenvalue weighted by Gasteiger charge is 2.32. The molecule has 11 heteroatoms. The molecule has 0 saturated carbocycles. The van der Waals surface area contributed by atoms with Gasteiger partial charge in [-0.3, -0.25) is 18.9 Å². The monoisotopic (exact) mass is 456 g/mol. The summed E-state index contributed by atoms with van der Waals surface area (Å²) in [6.07, 6.45) is 2.86. The van der Waals surface area contributed by atoms with Gasteiger partial charge in [-0.1, -0.05) is 0 Å². The second-order valence-electron chi connectivity index (χ2n) is 7.44. The average molecular weight is 456 g/mol. The van der Waals surface area contributed by atoms with Crippen LogP contribution in [-0.2, 0) is 19.4 Å². The molecule has 1 aromatic carbocycles. The predicted molar refractivity (Wildman–Crippen MR) is 114 cm³/mol. The number of imidazole rings is 1. The number of carbonyl (C=O) groups excluding carboxylic acids is 3. The molecule has 0 spiro atoms. The number of fused-ring (bicyclic) bond motifs is 1. The molecule has 0 bridgehead atoms. The van der Waals surface area contributed by atoms with Crippen LogP contribution >= 0.6 is 0 Å². The molecule has 0 radical (unpaired) electrons.